The second-order valence-electron chi connectivity index (χ2n) is 3.62. The van der Waals surface area contributed by atoms with Crippen molar-refractivity contribution in [2.75, 3.05) is 0 Å². The highest BCUT2D eigenvalue weighted by molar-refractivity contribution is 6.35. The maximum absolute atomic E-state index is 12.1. The van der Waals surface area contributed by atoms with E-state index in [0.717, 1.165) is 11.2 Å². The van der Waals surface area contributed by atoms with Gasteiger partial charge < -0.3 is 0 Å². The maximum Gasteiger partial charge on any atom is 0.262 e. The third-order valence-corrected chi connectivity index (χ3v) is 3.05. The van der Waals surface area contributed by atoms with E-state index >= 15 is 0 Å². The minimum Gasteiger partial charge on any atom is -0.296 e. The normalized spacial score (nSPS) is 11.4. The highest BCUT2D eigenvalue weighted by Gasteiger charge is 2.10. The summed E-state index contributed by atoms with van der Waals surface area (Å²) in [7, 11) is 1.71. The van der Waals surface area contributed by atoms with E-state index in [1.165, 1.54) is 0 Å². The van der Waals surface area contributed by atoms with E-state index in [1.807, 2.05) is 16.5 Å². The molecule has 0 aliphatic rings. The van der Waals surface area contributed by atoms with Crippen molar-refractivity contribution in [1.82, 2.24) is 14.0 Å². The summed E-state index contributed by atoms with van der Waals surface area (Å²) < 4.78 is 3.39. The molecule has 0 spiro atoms. The second-order valence-corrected chi connectivity index (χ2v) is 4.03. The van der Waals surface area contributed by atoms with E-state index in [1.54, 1.807) is 30.2 Å². The zero-order chi connectivity index (χ0) is 11.3. The van der Waals surface area contributed by atoms with Crippen molar-refractivity contribution in [2.45, 2.75) is 0 Å². The molecule has 2 heterocycles. The highest BCUT2D eigenvalue weighted by atomic mass is 35.5. The molecule has 0 bridgehead atoms. The fourth-order valence-electron chi connectivity index (χ4n) is 1.92. The van der Waals surface area contributed by atoms with E-state index < -0.39 is 0 Å². The highest BCUT2D eigenvalue weighted by Crippen LogP contribution is 2.20. The largest absolute Gasteiger partial charge is 0.296 e. The summed E-state index contributed by atoms with van der Waals surface area (Å²) in [5.41, 5.74) is 1.43. The Hall–Kier alpha value is -1.81. The summed E-state index contributed by atoms with van der Waals surface area (Å²) >= 11 is 6.05. The zero-order valence-corrected chi connectivity index (χ0v) is 9.27. The minimum atomic E-state index is -0.103. The van der Waals surface area contributed by atoms with E-state index in [2.05, 4.69) is 4.98 Å². The SMILES string of the molecule is Cn1c(=O)c2c(Cl)cccc2n2cncc12. The lowest BCUT2D eigenvalue weighted by atomic mass is 10.2. The van der Waals surface area contributed by atoms with E-state index in [9.17, 15) is 4.79 Å². The quantitative estimate of drug-likeness (QED) is 0.594. The molecule has 5 heteroatoms. The van der Waals surface area contributed by atoms with Crippen molar-refractivity contribution < 1.29 is 0 Å². The van der Waals surface area contributed by atoms with Gasteiger partial charge in [-0.3, -0.25) is 13.8 Å². The maximum atomic E-state index is 12.1. The van der Waals surface area contributed by atoms with Crippen molar-refractivity contribution >= 4 is 28.2 Å². The number of rotatable bonds is 0. The second kappa shape index (κ2) is 3.09. The van der Waals surface area contributed by atoms with Crippen LogP contribution in [0.3, 0.4) is 0 Å². The predicted molar refractivity (Wildman–Crippen MR) is 62.9 cm³/mol. The summed E-state index contributed by atoms with van der Waals surface area (Å²) in [6.45, 7) is 0. The van der Waals surface area contributed by atoms with Crippen LogP contribution in [0.2, 0.25) is 5.02 Å². The van der Waals surface area contributed by atoms with Gasteiger partial charge in [0.2, 0.25) is 0 Å². The molecule has 1 aromatic carbocycles. The van der Waals surface area contributed by atoms with Crippen LogP contribution in [0, 0.1) is 0 Å². The van der Waals surface area contributed by atoms with Gasteiger partial charge in [0.25, 0.3) is 5.56 Å². The van der Waals surface area contributed by atoms with Crippen LogP contribution >= 0.6 is 11.6 Å². The zero-order valence-electron chi connectivity index (χ0n) is 8.51. The lowest BCUT2D eigenvalue weighted by Crippen LogP contribution is -2.19. The average Bonchev–Trinajstić information content (AvgIpc) is 2.74. The molecule has 2 aromatic heterocycles. The van der Waals surface area contributed by atoms with E-state index in [-0.39, 0.29) is 5.56 Å². The van der Waals surface area contributed by atoms with E-state index in [4.69, 9.17) is 11.6 Å². The molecule has 0 fully saturated rings. The summed E-state index contributed by atoms with van der Waals surface area (Å²) in [5.74, 6) is 0. The fourth-order valence-corrected chi connectivity index (χ4v) is 2.17. The van der Waals surface area contributed by atoms with Crippen LogP contribution in [0.4, 0.5) is 0 Å². The molecule has 0 saturated heterocycles. The Kier molecular flexibility index (Phi) is 1.82. The number of hydrogen-bond donors (Lipinski definition) is 0. The Bertz CT molecular complexity index is 757. The first-order valence-electron chi connectivity index (χ1n) is 4.79. The lowest BCUT2D eigenvalue weighted by Gasteiger charge is -2.07. The molecule has 0 aliphatic heterocycles. The van der Waals surface area contributed by atoms with Gasteiger partial charge >= 0.3 is 0 Å². The van der Waals surface area contributed by atoms with Gasteiger partial charge in [0.15, 0.2) is 0 Å². The predicted octanol–water partition coefficient (Wildman–Crippen LogP) is 1.84. The van der Waals surface area contributed by atoms with Crippen molar-refractivity contribution in [1.29, 1.82) is 0 Å². The fraction of sp³-hybridized carbons (Fsp3) is 0.0909. The number of aryl methyl sites for hydroxylation is 1. The van der Waals surface area contributed by atoms with Gasteiger partial charge in [0.05, 0.1) is 22.1 Å². The van der Waals surface area contributed by atoms with Gasteiger partial charge in [-0.1, -0.05) is 17.7 Å². The average molecular weight is 234 g/mol. The standard InChI is InChI=1S/C11H8ClN3O/c1-14-9-5-13-6-15(9)8-4-2-3-7(12)10(8)11(14)16/h2-6H,1H3. The topological polar surface area (TPSA) is 39.3 Å². The molecule has 0 saturated carbocycles. The van der Waals surface area contributed by atoms with Crippen molar-refractivity contribution in [3.63, 3.8) is 0 Å². The van der Waals surface area contributed by atoms with Crippen LogP contribution in [-0.4, -0.2) is 14.0 Å². The summed E-state index contributed by atoms with van der Waals surface area (Å²) in [6.07, 6.45) is 3.33. The molecule has 16 heavy (non-hydrogen) atoms. The molecule has 0 N–H and O–H groups in total. The van der Waals surface area contributed by atoms with Crippen LogP contribution in [0.1, 0.15) is 0 Å². The molecule has 4 nitrogen and oxygen atoms in total. The van der Waals surface area contributed by atoms with Crippen LogP contribution in [0.5, 0.6) is 0 Å². The van der Waals surface area contributed by atoms with Gasteiger partial charge in [-0.15, -0.1) is 0 Å². The third kappa shape index (κ3) is 1.05. The van der Waals surface area contributed by atoms with E-state index in [0.29, 0.717) is 10.4 Å². The monoisotopic (exact) mass is 233 g/mol. The molecule has 3 rings (SSSR count). The molecular formula is C11H8ClN3O. The number of aromatic nitrogens is 3. The molecule has 3 aromatic rings. The first kappa shape index (κ1) is 9.42. The van der Waals surface area contributed by atoms with Crippen LogP contribution in [0.15, 0.2) is 35.5 Å². The van der Waals surface area contributed by atoms with Gasteiger partial charge in [0.1, 0.15) is 12.0 Å². The molecule has 0 amide bonds. The first-order chi connectivity index (χ1) is 7.70. The Balaban J connectivity index is 2.78. The van der Waals surface area contributed by atoms with Crippen molar-refractivity contribution in [3.8, 4) is 0 Å². The Labute approximate surface area is 95.7 Å². The summed E-state index contributed by atoms with van der Waals surface area (Å²) in [4.78, 5) is 16.1. The number of hydrogen-bond acceptors (Lipinski definition) is 2. The van der Waals surface area contributed by atoms with Crippen LogP contribution < -0.4 is 5.56 Å². The Morgan fingerprint density at radius 2 is 2.19 bits per heavy atom. The molecule has 0 unspecified atom stereocenters. The van der Waals surface area contributed by atoms with Gasteiger partial charge in [-0.25, -0.2) is 4.98 Å². The summed E-state index contributed by atoms with van der Waals surface area (Å²) in [5, 5.41) is 0.992. The van der Waals surface area contributed by atoms with Gasteiger partial charge in [-0.05, 0) is 12.1 Å². The molecule has 0 aliphatic carbocycles. The number of nitrogens with zero attached hydrogens (tertiary/aromatic N) is 3. The number of benzene rings is 1. The number of halogens is 1. The smallest absolute Gasteiger partial charge is 0.262 e. The van der Waals surface area contributed by atoms with Crippen LogP contribution in [0.25, 0.3) is 16.6 Å². The van der Waals surface area contributed by atoms with Crippen LogP contribution in [-0.2, 0) is 7.05 Å². The third-order valence-electron chi connectivity index (χ3n) is 2.73. The van der Waals surface area contributed by atoms with Gasteiger partial charge in [-0.2, -0.15) is 0 Å². The van der Waals surface area contributed by atoms with Crippen molar-refractivity contribution in [3.05, 3.63) is 46.1 Å². The minimum absolute atomic E-state index is 0.103. The first-order valence-corrected chi connectivity index (χ1v) is 5.17. The molecule has 0 atom stereocenters. The summed E-state index contributed by atoms with van der Waals surface area (Å²) in [6, 6.07) is 5.40. The van der Waals surface area contributed by atoms with Crippen molar-refractivity contribution in [2.24, 2.45) is 7.05 Å². The molecule has 0 radical (unpaired) electrons. The lowest BCUT2D eigenvalue weighted by molar-refractivity contribution is 0.882. The Morgan fingerprint density at radius 1 is 1.38 bits per heavy atom. The Morgan fingerprint density at radius 3 is 3.00 bits per heavy atom. The number of fused-ring (bicyclic) bond motifs is 3. The van der Waals surface area contributed by atoms with Gasteiger partial charge in [0, 0.05) is 7.05 Å². The molecule has 80 valence electrons. The molecular weight excluding hydrogens is 226 g/mol. The number of imidazole rings is 1.